The number of hydrogen-bond acceptors (Lipinski definition) is 5. The van der Waals surface area contributed by atoms with Gasteiger partial charge in [0.25, 0.3) is 5.91 Å². The number of fused-ring (bicyclic) bond motifs is 1. The lowest BCUT2D eigenvalue weighted by atomic mass is 10.1. The zero-order valence-corrected chi connectivity index (χ0v) is 24.1. The number of ether oxygens (including phenoxy) is 2. The van der Waals surface area contributed by atoms with Crippen LogP contribution in [0.4, 0.5) is 5.69 Å². The van der Waals surface area contributed by atoms with Gasteiger partial charge in [0.15, 0.2) is 0 Å². The van der Waals surface area contributed by atoms with Crippen molar-refractivity contribution in [1.29, 1.82) is 0 Å². The van der Waals surface area contributed by atoms with E-state index in [0.29, 0.717) is 30.4 Å². The quantitative estimate of drug-likeness (QED) is 0.396. The molecule has 1 heterocycles. The van der Waals surface area contributed by atoms with Crippen molar-refractivity contribution in [2.24, 2.45) is 0 Å². The first-order valence-corrected chi connectivity index (χ1v) is 14.1. The Morgan fingerprint density at radius 3 is 2.27 bits per heavy atom. The summed E-state index contributed by atoms with van der Waals surface area (Å²) in [4.78, 5) is 33.0. The van der Waals surface area contributed by atoms with Crippen LogP contribution in [0, 0.1) is 0 Å². The van der Waals surface area contributed by atoms with Crippen molar-refractivity contribution in [3.05, 3.63) is 94.5 Å². The Bertz CT molecular complexity index is 1270. The topological polar surface area (TPSA) is 62.3 Å². The molecule has 0 N–H and O–H groups in total. The van der Waals surface area contributed by atoms with Crippen LogP contribution in [-0.2, 0) is 33.8 Å². The number of carbonyl (C=O) groups is 2. The minimum Gasteiger partial charge on any atom is -0.496 e. The summed E-state index contributed by atoms with van der Waals surface area (Å²) in [5.74, 6) is 0.634. The molecule has 40 heavy (non-hydrogen) atoms. The van der Waals surface area contributed by atoms with Crippen molar-refractivity contribution in [2.45, 2.75) is 32.4 Å². The molecule has 0 atom stereocenters. The third kappa shape index (κ3) is 8.07. The maximum absolute atomic E-state index is 13.7. The molecule has 0 aromatic heterocycles. The second kappa shape index (κ2) is 14.8. The number of halogens is 1. The standard InChI is InChI=1S/C32H38ClN3O4/c1-39-24-32(38)36-20-8-18-34(22-25-13-15-28(33)16-14-25)17-7-19-35(23-27-10-3-5-11-29(27)36)31(37)21-26-9-4-6-12-30(26)40-2/h3-6,9-16H,7-8,17-24H2,1-2H3. The van der Waals surface area contributed by atoms with Crippen LogP contribution < -0.4 is 9.64 Å². The van der Waals surface area contributed by atoms with Gasteiger partial charge in [-0.2, -0.15) is 0 Å². The predicted molar refractivity (Wildman–Crippen MR) is 159 cm³/mol. The number of para-hydroxylation sites is 2. The van der Waals surface area contributed by atoms with E-state index in [1.54, 1.807) is 7.11 Å². The summed E-state index contributed by atoms with van der Waals surface area (Å²) in [5, 5.41) is 0.715. The lowest BCUT2D eigenvalue weighted by Gasteiger charge is -2.32. The van der Waals surface area contributed by atoms with Crippen LogP contribution in [0.5, 0.6) is 5.75 Å². The predicted octanol–water partition coefficient (Wildman–Crippen LogP) is 5.20. The molecule has 0 unspecified atom stereocenters. The molecule has 2 amide bonds. The second-order valence-electron chi connectivity index (χ2n) is 10.0. The Morgan fingerprint density at radius 1 is 0.825 bits per heavy atom. The molecule has 0 spiro atoms. The van der Waals surface area contributed by atoms with Crippen LogP contribution in [0.2, 0.25) is 5.02 Å². The molecule has 3 aromatic rings. The van der Waals surface area contributed by atoms with Gasteiger partial charge in [-0.1, -0.05) is 60.1 Å². The van der Waals surface area contributed by atoms with E-state index in [2.05, 4.69) is 4.90 Å². The highest BCUT2D eigenvalue weighted by Crippen LogP contribution is 2.25. The molecule has 0 fully saturated rings. The van der Waals surface area contributed by atoms with Gasteiger partial charge in [-0.05, 0) is 48.2 Å². The number of nitrogens with zero attached hydrogens (tertiary/aromatic N) is 3. The van der Waals surface area contributed by atoms with Gasteiger partial charge in [0.1, 0.15) is 12.4 Å². The molecule has 212 valence electrons. The molecular formula is C32H38ClN3O4. The van der Waals surface area contributed by atoms with Gasteiger partial charge in [0.05, 0.1) is 13.5 Å². The summed E-state index contributed by atoms with van der Waals surface area (Å²) in [6.45, 7) is 3.99. The molecule has 0 aliphatic carbocycles. The molecule has 7 nitrogen and oxygen atoms in total. The van der Waals surface area contributed by atoms with E-state index in [4.69, 9.17) is 21.1 Å². The average Bonchev–Trinajstić information content (AvgIpc) is 2.96. The maximum Gasteiger partial charge on any atom is 0.252 e. The molecule has 4 rings (SSSR count). The monoisotopic (exact) mass is 563 g/mol. The van der Waals surface area contributed by atoms with E-state index < -0.39 is 0 Å². The molecule has 3 aromatic carbocycles. The van der Waals surface area contributed by atoms with Crippen molar-refractivity contribution in [3.63, 3.8) is 0 Å². The van der Waals surface area contributed by atoms with Crippen LogP contribution in [0.1, 0.15) is 29.5 Å². The molecule has 0 radical (unpaired) electrons. The summed E-state index contributed by atoms with van der Waals surface area (Å²) in [6.07, 6.45) is 1.89. The number of anilines is 1. The maximum atomic E-state index is 13.7. The molecular weight excluding hydrogens is 526 g/mol. The van der Waals surface area contributed by atoms with Gasteiger partial charge in [0.2, 0.25) is 5.91 Å². The molecule has 8 heteroatoms. The van der Waals surface area contributed by atoms with Crippen molar-refractivity contribution < 1.29 is 19.1 Å². The van der Waals surface area contributed by atoms with Gasteiger partial charge in [-0.25, -0.2) is 0 Å². The molecule has 1 aliphatic heterocycles. The highest BCUT2D eigenvalue weighted by atomic mass is 35.5. The summed E-state index contributed by atoms with van der Waals surface area (Å²) >= 11 is 6.10. The summed E-state index contributed by atoms with van der Waals surface area (Å²) in [5.41, 5.74) is 3.80. The molecule has 0 bridgehead atoms. The van der Waals surface area contributed by atoms with E-state index >= 15 is 0 Å². The van der Waals surface area contributed by atoms with Crippen molar-refractivity contribution >= 4 is 29.1 Å². The third-order valence-corrected chi connectivity index (χ3v) is 7.43. The van der Waals surface area contributed by atoms with E-state index in [1.165, 1.54) is 12.7 Å². The number of carbonyl (C=O) groups excluding carboxylic acids is 2. The lowest BCUT2D eigenvalue weighted by Crippen LogP contribution is -2.40. The molecule has 1 aliphatic rings. The first-order valence-electron chi connectivity index (χ1n) is 13.7. The van der Waals surface area contributed by atoms with Crippen LogP contribution in [-0.4, -0.2) is 68.6 Å². The Hall–Kier alpha value is -3.39. The number of methoxy groups -OCH3 is 2. The minimum absolute atomic E-state index is 0.000724. The highest BCUT2D eigenvalue weighted by molar-refractivity contribution is 6.30. The fourth-order valence-corrected chi connectivity index (χ4v) is 5.29. The molecule has 0 saturated carbocycles. The van der Waals surface area contributed by atoms with E-state index in [9.17, 15) is 9.59 Å². The Morgan fingerprint density at radius 2 is 1.52 bits per heavy atom. The fourth-order valence-electron chi connectivity index (χ4n) is 5.17. The summed E-state index contributed by atoms with van der Waals surface area (Å²) < 4.78 is 10.7. The van der Waals surface area contributed by atoms with Crippen molar-refractivity contribution in [1.82, 2.24) is 9.80 Å². The van der Waals surface area contributed by atoms with Crippen LogP contribution >= 0.6 is 11.6 Å². The smallest absolute Gasteiger partial charge is 0.252 e. The number of rotatable bonds is 7. The largest absolute Gasteiger partial charge is 0.496 e. The minimum atomic E-state index is -0.0943. The highest BCUT2D eigenvalue weighted by Gasteiger charge is 2.23. The van der Waals surface area contributed by atoms with E-state index in [0.717, 1.165) is 49.3 Å². The SMILES string of the molecule is COCC(=O)N1CCCN(Cc2ccc(Cl)cc2)CCCN(C(=O)Cc2ccccc2OC)Cc2ccccc21. The first-order chi connectivity index (χ1) is 19.5. The van der Waals surface area contributed by atoms with Crippen molar-refractivity contribution in [3.8, 4) is 5.75 Å². The third-order valence-electron chi connectivity index (χ3n) is 7.18. The Balaban J connectivity index is 1.62. The van der Waals surface area contributed by atoms with Gasteiger partial charge in [-0.3, -0.25) is 14.5 Å². The van der Waals surface area contributed by atoms with Crippen LogP contribution in [0.25, 0.3) is 0 Å². The van der Waals surface area contributed by atoms with Gasteiger partial charge in [0, 0.05) is 62.7 Å². The van der Waals surface area contributed by atoms with Crippen LogP contribution in [0.3, 0.4) is 0 Å². The fraction of sp³-hybridized carbons (Fsp3) is 0.375. The summed E-state index contributed by atoms with van der Waals surface area (Å²) in [7, 11) is 3.16. The van der Waals surface area contributed by atoms with E-state index in [1.807, 2.05) is 82.6 Å². The number of hydrogen-bond donors (Lipinski definition) is 0. The van der Waals surface area contributed by atoms with E-state index in [-0.39, 0.29) is 24.8 Å². The summed E-state index contributed by atoms with van der Waals surface area (Å²) in [6, 6.07) is 23.4. The zero-order chi connectivity index (χ0) is 28.3. The number of benzene rings is 3. The van der Waals surface area contributed by atoms with Gasteiger partial charge in [-0.15, -0.1) is 0 Å². The normalized spacial score (nSPS) is 15.1. The zero-order valence-electron chi connectivity index (χ0n) is 23.4. The van der Waals surface area contributed by atoms with Crippen LogP contribution in [0.15, 0.2) is 72.8 Å². The second-order valence-corrected chi connectivity index (χ2v) is 10.5. The average molecular weight is 564 g/mol. The molecule has 0 saturated heterocycles. The van der Waals surface area contributed by atoms with Gasteiger partial charge < -0.3 is 19.3 Å². The van der Waals surface area contributed by atoms with Gasteiger partial charge >= 0.3 is 0 Å². The first kappa shape index (κ1) is 29.6. The lowest BCUT2D eigenvalue weighted by molar-refractivity contribution is -0.131. The number of amides is 2. The Kier molecular flexibility index (Phi) is 11.0. The van der Waals surface area contributed by atoms with Crippen molar-refractivity contribution in [2.75, 3.05) is 51.9 Å². The Labute approximate surface area is 242 Å².